The molecule has 0 aliphatic carbocycles. The van der Waals surface area contributed by atoms with Gasteiger partial charge in [-0.2, -0.15) is 26.3 Å². The van der Waals surface area contributed by atoms with Crippen LogP contribution in [0.3, 0.4) is 0 Å². The van der Waals surface area contributed by atoms with E-state index in [0.29, 0.717) is 6.42 Å². The number of hydrogen-bond donors (Lipinski definition) is 0. The molecule has 0 bridgehead atoms. The summed E-state index contributed by atoms with van der Waals surface area (Å²) < 4.78 is 106. The molecular weight excluding hydrogens is 627 g/mol. The number of alkyl halides is 6. The van der Waals surface area contributed by atoms with Crippen molar-refractivity contribution in [1.29, 1.82) is 0 Å². The topological polar surface area (TPSA) is 38.8 Å². The molecule has 4 nitrogen and oxygen atoms in total. The zero-order valence-electron chi connectivity index (χ0n) is 26.1. The summed E-state index contributed by atoms with van der Waals surface area (Å²) in [6.07, 6.45) is -7.15. The number of halogens is 8. The van der Waals surface area contributed by atoms with Crippen LogP contribution in [0, 0.1) is 17.7 Å². The Kier molecular flexibility index (Phi) is 13.4. The number of amides is 1. The summed E-state index contributed by atoms with van der Waals surface area (Å²) in [5.41, 5.74) is -0.470. The molecule has 3 atom stereocenters. The van der Waals surface area contributed by atoms with Crippen molar-refractivity contribution >= 4 is 17.7 Å². The lowest BCUT2D eigenvalue weighted by Gasteiger charge is -2.30. The second kappa shape index (κ2) is 15.9. The maximum Gasteiger partial charge on any atom is 0.416 e. The Labute approximate surface area is 264 Å². The Morgan fingerprint density at radius 3 is 2.22 bits per heavy atom. The third-order valence-electron chi connectivity index (χ3n) is 7.46. The molecule has 0 N–H and O–H groups in total. The second-order valence-electron chi connectivity index (χ2n) is 11.3. The lowest BCUT2D eigenvalue weighted by Crippen LogP contribution is -2.39. The van der Waals surface area contributed by atoms with Gasteiger partial charge < -0.3 is 14.4 Å². The summed E-state index contributed by atoms with van der Waals surface area (Å²) in [5.74, 6) is -1.83. The summed E-state index contributed by atoms with van der Waals surface area (Å²) in [7, 11) is 1.28. The number of carbonyl (C=O) groups is 1. The highest BCUT2D eigenvalue weighted by molar-refractivity contribution is 6.33. The highest BCUT2D eigenvalue weighted by Crippen LogP contribution is 2.44. The first-order valence-electron chi connectivity index (χ1n) is 14.4. The fourth-order valence-corrected chi connectivity index (χ4v) is 5.06. The molecule has 12 heteroatoms. The van der Waals surface area contributed by atoms with Gasteiger partial charge in [0.05, 0.1) is 19.3 Å². The molecule has 0 saturated carbocycles. The molecule has 0 heterocycles. The summed E-state index contributed by atoms with van der Waals surface area (Å²) in [6.45, 7) is 11.5. The molecule has 0 fully saturated rings. The van der Waals surface area contributed by atoms with E-state index in [9.17, 15) is 35.5 Å². The van der Waals surface area contributed by atoms with Crippen LogP contribution in [-0.4, -0.2) is 36.9 Å². The Morgan fingerprint density at radius 2 is 1.71 bits per heavy atom. The van der Waals surface area contributed by atoms with Gasteiger partial charge in [-0.3, -0.25) is 0 Å². The molecule has 0 aromatic heterocycles. The van der Waals surface area contributed by atoms with Crippen LogP contribution in [0.4, 0.5) is 35.5 Å². The predicted molar refractivity (Wildman–Crippen MR) is 162 cm³/mol. The SMILES string of the molecule is C=CC(C)C[C@H](/C=C/C(F)(F)F)COC(=O)N(Cc1cc(C(F)(F)F)cc(Cl)c1-c1cc(C(C)C)c(F)cc1OC)[C@@H](C)CC. The van der Waals surface area contributed by atoms with Gasteiger partial charge in [-0.1, -0.05) is 51.4 Å². The van der Waals surface area contributed by atoms with E-state index in [0.717, 1.165) is 24.3 Å². The van der Waals surface area contributed by atoms with Crippen LogP contribution in [0.1, 0.15) is 70.1 Å². The Balaban J connectivity index is 2.64. The van der Waals surface area contributed by atoms with E-state index in [1.807, 2.05) is 0 Å². The maximum absolute atomic E-state index is 14.8. The number of carbonyl (C=O) groups excluding carboxylic acids is 1. The maximum atomic E-state index is 14.8. The molecule has 1 unspecified atom stereocenters. The average molecular weight is 666 g/mol. The third kappa shape index (κ3) is 10.7. The summed E-state index contributed by atoms with van der Waals surface area (Å²) in [5, 5.41) is -0.298. The van der Waals surface area contributed by atoms with Crippen molar-refractivity contribution in [2.75, 3.05) is 13.7 Å². The van der Waals surface area contributed by atoms with Gasteiger partial charge in [0.15, 0.2) is 0 Å². The standard InChI is InChI=1S/C33H39ClF7NO3/c1-8-20(5)12-22(10-11-32(36,37)38)18-45-31(43)42(21(6)9-2)17-23-13-24(33(39,40)41)14-27(34)30(23)26-15-25(19(3)4)28(35)16-29(26)44-7/h8,10-11,13-16,19-22H,1,9,12,17-18H2,2-7H3/b11-10+/t20?,21-,22-/m0/s1. The molecule has 2 rings (SSSR count). The van der Waals surface area contributed by atoms with Gasteiger partial charge in [0.2, 0.25) is 0 Å². The zero-order valence-corrected chi connectivity index (χ0v) is 26.8. The van der Waals surface area contributed by atoms with Gasteiger partial charge in [-0.15, -0.1) is 6.58 Å². The molecule has 250 valence electrons. The van der Waals surface area contributed by atoms with E-state index < -0.39 is 54.9 Å². The molecule has 0 radical (unpaired) electrons. The smallest absolute Gasteiger partial charge is 0.416 e. The molecule has 0 aliphatic heterocycles. The van der Waals surface area contributed by atoms with Gasteiger partial charge >= 0.3 is 18.4 Å². The molecule has 0 spiro atoms. The zero-order chi connectivity index (χ0) is 34.3. The van der Waals surface area contributed by atoms with Crippen LogP contribution in [0.5, 0.6) is 5.75 Å². The van der Waals surface area contributed by atoms with E-state index in [1.165, 1.54) is 18.1 Å². The van der Waals surface area contributed by atoms with E-state index in [2.05, 4.69) is 6.58 Å². The normalized spacial score (nSPS) is 14.4. The largest absolute Gasteiger partial charge is 0.496 e. The van der Waals surface area contributed by atoms with Gasteiger partial charge in [-0.25, -0.2) is 9.18 Å². The molecule has 0 saturated heterocycles. The van der Waals surface area contributed by atoms with Gasteiger partial charge in [0, 0.05) is 46.8 Å². The van der Waals surface area contributed by atoms with Gasteiger partial charge in [0.1, 0.15) is 11.6 Å². The fourth-order valence-electron chi connectivity index (χ4n) is 4.72. The Bertz CT molecular complexity index is 1360. The first-order chi connectivity index (χ1) is 20.8. The number of allylic oxidation sites excluding steroid dienone is 2. The monoisotopic (exact) mass is 665 g/mol. The van der Waals surface area contributed by atoms with Crippen molar-refractivity contribution < 1.29 is 45.0 Å². The summed E-state index contributed by atoms with van der Waals surface area (Å²) in [4.78, 5) is 14.6. The van der Waals surface area contributed by atoms with Crippen molar-refractivity contribution in [3.05, 3.63) is 76.6 Å². The van der Waals surface area contributed by atoms with Crippen molar-refractivity contribution in [2.24, 2.45) is 11.8 Å². The van der Waals surface area contributed by atoms with E-state index in [-0.39, 0.29) is 57.4 Å². The summed E-state index contributed by atoms with van der Waals surface area (Å²) in [6, 6.07) is 3.64. The minimum atomic E-state index is -4.78. The van der Waals surface area contributed by atoms with Gasteiger partial charge in [0.25, 0.3) is 0 Å². The van der Waals surface area contributed by atoms with E-state index in [1.54, 1.807) is 40.7 Å². The first-order valence-corrected chi connectivity index (χ1v) is 14.8. The third-order valence-corrected chi connectivity index (χ3v) is 7.76. The highest BCUT2D eigenvalue weighted by Gasteiger charge is 2.34. The van der Waals surface area contributed by atoms with Crippen molar-refractivity contribution in [3.8, 4) is 16.9 Å². The highest BCUT2D eigenvalue weighted by atomic mass is 35.5. The van der Waals surface area contributed by atoms with Crippen LogP contribution in [0.15, 0.2) is 49.1 Å². The van der Waals surface area contributed by atoms with E-state index in [4.69, 9.17) is 21.1 Å². The lowest BCUT2D eigenvalue weighted by molar-refractivity contribution is -0.137. The number of benzene rings is 2. The predicted octanol–water partition coefficient (Wildman–Crippen LogP) is 11.0. The molecule has 1 amide bonds. The summed E-state index contributed by atoms with van der Waals surface area (Å²) >= 11 is 6.50. The molecular formula is C33H39ClF7NO3. The second-order valence-corrected chi connectivity index (χ2v) is 11.7. The van der Waals surface area contributed by atoms with E-state index >= 15 is 0 Å². The van der Waals surface area contributed by atoms with Crippen molar-refractivity contribution in [3.63, 3.8) is 0 Å². The minimum Gasteiger partial charge on any atom is -0.496 e. The number of nitrogens with zero attached hydrogens (tertiary/aromatic N) is 1. The van der Waals surface area contributed by atoms with Crippen LogP contribution in [0.25, 0.3) is 11.1 Å². The van der Waals surface area contributed by atoms with Gasteiger partial charge in [-0.05, 0) is 60.9 Å². The number of ether oxygens (including phenoxy) is 2. The quantitative estimate of drug-likeness (QED) is 0.158. The Morgan fingerprint density at radius 1 is 1.07 bits per heavy atom. The Hall–Kier alpha value is -3.21. The lowest BCUT2D eigenvalue weighted by atomic mass is 9.91. The van der Waals surface area contributed by atoms with Crippen molar-refractivity contribution in [2.45, 2.75) is 78.3 Å². The molecule has 2 aromatic rings. The fraction of sp³-hybridized carbons (Fsp3) is 0.485. The molecule has 0 aliphatic rings. The number of methoxy groups -OCH3 is 1. The first kappa shape index (κ1) is 38.0. The van der Waals surface area contributed by atoms with Crippen LogP contribution in [0.2, 0.25) is 5.02 Å². The number of rotatable bonds is 13. The minimum absolute atomic E-state index is 0.0134. The van der Waals surface area contributed by atoms with Crippen LogP contribution >= 0.6 is 11.6 Å². The van der Waals surface area contributed by atoms with Crippen LogP contribution < -0.4 is 4.74 Å². The number of hydrogen-bond acceptors (Lipinski definition) is 3. The molecule has 2 aromatic carbocycles. The van der Waals surface area contributed by atoms with Crippen molar-refractivity contribution in [1.82, 2.24) is 4.90 Å². The van der Waals surface area contributed by atoms with Crippen LogP contribution in [-0.2, 0) is 17.5 Å². The molecule has 45 heavy (non-hydrogen) atoms. The average Bonchev–Trinajstić information content (AvgIpc) is 2.95.